The number of fused-ring (bicyclic) bond motifs is 1. The van der Waals surface area contributed by atoms with Gasteiger partial charge in [0.25, 0.3) is 0 Å². The first kappa shape index (κ1) is 12.9. The highest BCUT2D eigenvalue weighted by Gasteiger charge is 2.00. The third-order valence-corrected chi connectivity index (χ3v) is 3.73. The summed E-state index contributed by atoms with van der Waals surface area (Å²) in [7, 11) is 0. The Labute approximate surface area is 123 Å². The molecule has 20 heavy (non-hydrogen) atoms. The van der Waals surface area contributed by atoms with E-state index in [1.165, 1.54) is 0 Å². The predicted octanol–water partition coefficient (Wildman–Crippen LogP) is 4.81. The van der Waals surface area contributed by atoms with Gasteiger partial charge in [-0.15, -0.1) is 0 Å². The lowest BCUT2D eigenvalue weighted by atomic mass is 10.1. The molecule has 3 rings (SSSR count). The van der Waals surface area contributed by atoms with Crippen LogP contribution in [-0.4, -0.2) is 4.98 Å². The van der Waals surface area contributed by atoms with Gasteiger partial charge in [0.2, 0.25) is 0 Å². The third-order valence-electron chi connectivity index (χ3n) is 3.32. The standard InChI is InChI=1S/C17H15ClN2/c1-12-6-7-13(8-16(12)18)10-19-15-9-14-4-2-3-5-17(14)20-11-15/h2-9,11,19H,10H2,1H3. The minimum atomic E-state index is 0.736. The van der Waals surface area contributed by atoms with Gasteiger partial charge in [0.15, 0.2) is 0 Å². The van der Waals surface area contributed by atoms with Gasteiger partial charge in [0.1, 0.15) is 0 Å². The summed E-state index contributed by atoms with van der Waals surface area (Å²) < 4.78 is 0. The fourth-order valence-electron chi connectivity index (χ4n) is 2.12. The molecule has 0 aliphatic carbocycles. The minimum absolute atomic E-state index is 0.736. The second-order valence-corrected chi connectivity index (χ2v) is 5.26. The number of anilines is 1. The number of benzene rings is 2. The number of rotatable bonds is 3. The molecule has 0 atom stereocenters. The van der Waals surface area contributed by atoms with Crippen molar-refractivity contribution >= 4 is 28.2 Å². The molecule has 1 heterocycles. The van der Waals surface area contributed by atoms with Crippen LogP contribution in [0.5, 0.6) is 0 Å². The fourth-order valence-corrected chi connectivity index (χ4v) is 2.32. The van der Waals surface area contributed by atoms with Crippen molar-refractivity contribution in [1.82, 2.24) is 4.98 Å². The number of halogens is 1. The van der Waals surface area contributed by atoms with E-state index >= 15 is 0 Å². The van der Waals surface area contributed by atoms with Crippen LogP contribution in [0.15, 0.2) is 54.7 Å². The first-order valence-electron chi connectivity index (χ1n) is 6.56. The first-order chi connectivity index (χ1) is 9.72. The molecule has 0 saturated carbocycles. The minimum Gasteiger partial charge on any atom is -0.380 e. The molecule has 2 aromatic carbocycles. The second-order valence-electron chi connectivity index (χ2n) is 4.85. The van der Waals surface area contributed by atoms with Crippen LogP contribution in [0.25, 0.3) is 10.9 Å². The van der Waals surface area contributed by atoms with Crippen molar-refractivity contribution < 1.29 is 0 Å². The molecule has 100 valence electrons. The summed E-state index contributed by atoms with van der Waals surface area (Å²) in [6.07, 6.45) is 1.86. The molecule has 0 fully saturated rings. The number of hydrogen-bond donors (Lipinski definition) is 1. The summed E-state index contributed by atoms with van der Waals surface area (Å²) in [4.78, 5) is 4.44. The van der Waals surface area contributed by atoms with Crippen molar-refractivity contribution in [2.45, 2.75) is 13.5 Å². The summed E-state index contributed by atoms with van der Waals surface area (Å²) in [6.45, 7) is 2.74. The molecular formula is C17H15ClN2. The summed E-state index contributed by atoms with van der Waals surface area (Å²) in [5, 5.41) is 5.32. The van der Waals surface area contributed by atoms with E-state index in [1.54, 1.807) is 0 Å². The lowest BCUT2D eigenvalue weighted by Gasteiger charge is -2.08. The van der Waals surface area contributed by atoms with Crippen LogP contribution in [0.4, 0.5) is 5.69 Å². The SMILES string of the molecule is Cc1ccc(CNc2cnc3ccccc3c2)cc1Cl. The van der Waals surface area contributed by atoms with E-state index in [0.29, 0.717) is 0 Å². The molecule has 0 radical (unpaired) electrons. The molecule has 0 amide bonds. The van der Waals surface area contributed by atoms with Crippen LogP contribution in [0.1, 0.15) is 11.1 Å². The number of hydrogen-bond acceptors (Lipinski definition) is 2. The van der Waals surface area contributed by atoms with E-state index in [1.807, 2.05) is 43.5 Å². The van der Waals surface area contributed by atoms with E-state index in [4.69, 9.17) is 11.6 Å². The van der Waals surface area contributed by atoms with Gasteiger partial charge < -0.3 is 5.32 Å². The van der Waals surface area contributed by atoms with Gasteiger partial charge in [0, 0.05) is 17.0 Å². The monoisotopic (exact) mass is 282 g/mol. The Hall–Kier alpha value is -2.06. The highest BCUT2D eigenvalue weighted by molar-refractivity contribution is 6.31. The predicted molar refractivity (Wildman–Crippen MR) is 85.3 cm³/mol. The smallest absolute Gasteiger partial charge is 0.0703 e. The largest absolute Gasteiger partial charge is 0.380 e. The highest BCUT2D eigenvalue weighted by Crippen LogP contribution is 2.19. The van der Waals surface area contributed by atoms with Crippen LogP contribution in [0.2, 0.25) is 5.02 Å². The van der Waals surface area contributed by atoms with Gasteiger partial charge in [-0.2, -0.15) is 0 Å². The summed E-state index contributed by atoms with van der Waals surface area (Å²) in [5.74, 6) is 0. The van der Waals surface area contributed by atoms with E-state index in [2.05, 4.69) is 28.5 Å². The van der Waals surface area contributed by atoms with Crippen molar-refractivity contribution in [3.05, 3.63) is 70.9 Å². The molecule has 3 aromatic rings. The van der Waals surface area contributed by atoms with Crippen LogP contribution in [0, 0.1) is 6.92 Å². The van der Waals surface area contributed by atoms with Gasteiger partial charge in [0.05, 0.1) is 17.4 Å². The molecular weight excluding hydrogens is 268 g/mol. The fraction of sp³-hybridized carbons (Fsp3) is 0.118. The Balaban J connectivity index is 1.77. The maximum absolute atomic E-state index is 6.13. The molecule has 1 N–H and O–H groups in total. The van der Waals surface area contributed by atoms with E-state index in [0.717, 1.165) is 39.3 Å². The van der Waals surface area contributed by atoms with Crippen molar-refractivity contribution in [3.63, 3.8) is 0 Å². The van der Waals surface area contributed by atoms with Crippen molar-refractivity contribution in [2.24, 2.45) is 0 Å². The molecule has 0 aliphatic rings. The third kappa shape index (κ3) is 2.75. The molecule has 3 heteroatoms. The number of para-hydroxylation sites is 1. The Kier molecular flexibility index (Phi) is 3.57. The van der Waals surface area contributed by atoms with Crippen molar-refractivity contribution in [3.8, 4) is 0 Å². The first-order valence-corrected chi connectivity index (χ1v) is 6.94. The molecule has 0 aliphatic heterocycles. The molecule has 1 aromatic heterocycles. The number of aryl methyl sites for hydroxylation is 1. The zero-order valence-corrected chi connectivity index (χ0v) is 12.0. The summed E-state index contributed by atoms with van der Waals surface area (Å²) >= 11 is 6.13. The number of aromatic nitrogens is 1. The van der Waals surface area contributed by atoms with Crippen LogP contribution < -0.4 is 5.32 Å². The number of pyridine rings is 1. The van der Waals surface area contributed by atoms with Gasteiger partial charge >= 0.3 is 0 Å². The van der Waals surface area contributed by atoms with Gasteiger partial charge in [-0.1, -0.05) is 41.9 Å². The molecule has 0 saturated heterocycles. The molecule has 0 unspecified atom stereocenters. The number of nitrogens with one attached hydrogen (secondary N) is 1. The highest BCUT2D eigenvalue weighted by atomic mass is 35.5. The average Bonchev–Trinajstić information content (AvgIpc) is 2.48. The topological polar surface area (TPSA) is 24.9 Å². The summed E-state index contributed by atoms with van der Waals surface area (Å²) in [6, 6.07) is 16.3. The van der Waals surface area contributed by atoms with Crippen molar-refractivity contribution in [1.29, 1.82) is 0 Å². The number of nitrogens with zero attached hydrogens (tertiary/aromatic N) is 1. The van der Waals surface area contributed by atoms with Gasteiger partial charge in [-0.3, -0.25) is 4.98 Å². The Morgan fingerprint density at radius 1 is 1.10 bits per heavy atom. The van der Waals surface area contributed by atoms with E-state index in [-0.39, 0.29) is 0 Å². The lowest BCUT2D eigenvalue weighted by molar-refractivity contribution is 1.14. The second kappa shape index (κ2) is 5.51. The molecule has 0 bridgehead atoms. The zero-order chi connectivity index (χ0) is 13.9. The van der Waals surface area contributed by atoms with Crippen molar-refractivity contribution in [2.75, 3.05) is 5.32 Å². The Bertz CT molecular complexity index is 753. The lowest BCUT2D eigenvalue weighted by Crippen LogP contribution is -2.00. The van der Waals surface area contributed by atoms with Gasteiger partial charge in [-0.25, -0.2) is 0 Å². The quantitative estimate of drug-likeness (QED) is 0.746. The maximum Gasteiger partial charge on any atom is 0.0703 e. The van der Waals surface area contributed by atoms with E-state index < -0.39 is 0 Å². The van der Waals surface area contributed by atoms with Crippen LogP contribution >= 0.6 is 11.6 Å². The van der Waals surface area contributed by atoms with Gasteiger partial charge in [-0.05, 0) is 36.2 Å². The van der Waals surface area contributed by atoms with Crippen LogP contribution in [0.3, 0.4) is 0 Å². The molecule has 0 spiro atoms. The molecule has 2 nitrogen and oxygen atoms in total. The van der Waals surface area contributed by atoms with Crippen LogP contribution in [-0.2, 0) is 6.54 Å². The maximum atomic E-state index is 6.13. The average molecular weight is 283 g/mol. The Morgan fingerprint density at radius 2 is 1.95 bits per heavy atom. The van der Waals surface area contributed by atoms with E-state index in [9.17, 15) is 0 Å². The summed E-state index contributed by atoms with van der Waals surface area (Å²) in [5.41, 5.74) is 4.29. The Morgan fingerprint density at radius 3 is 2.80 bits per heavy atom. The zero-order valence-electron chi connectivity index (χ0n) is 11.2. The normalized spacial score (nSPS) is 10.7.